The van der Waals surface area contributed by atoms with Crippen LogP contribution in [0.2, 0.25) is 0 Å². The zero-order valence-electron chi connectivity index (χ0n) is 24.3. The Morgan fingerprint density at radius 2 is 1.86 bits per heavy atom. The summed E-state index contributed by atoms with van der Waals surface area (Å²) in [6.45, 7) is 6.75. The highest BCUT2D eigenvalue weighted by molar-refractivity contribution is 5.99. The Labute approximate surface area is 251 Å². The predicted octanol–water partition coefficient (Wildman–Crippen LogP) is 5.82. The molecule has 5 aromatic rings. The number of nitrogens with one attached hydrogen (secondary N) is 3. The third-order valence-corrected chi connectivity index (χ3v) is 7.91. The van der Waals surface area contributed by atoms with Gasteiger partial charge in [0.1, 0.15) is 23.4 Å². The third kappa shape index (κ3) is 5.09. The third-order valence-electron chi connectivity index (χ3n) is 7.91. The van der Waals surface area contributed by atoms with Crippen molar-refractivity contribution in [1.29, 1.82) is 10.5 Å². The number of benzene rings is 2. The fourth-order valence-corrected chi connectivity index (χ4v) is 5.38. The van der Waals surface area contributed by atoms with Crippen molar-refractivity contribution in [3.63, 3.8) is 0 Å². The van der Waals surface area contributed by atoms with Gasteiger partial charge in [-0.25, -0.2) is 13.5 Å². The Bertz CT molecular complexity index is 2040. The van der Waals surface area contributed by atoms with E-state index in [9.17, 15) is 24.1 Å². The Morgan fingerprint density at radius 1 is 1.09 bits per heavy atom. The smallest absolute Gasteiger partial charge is 0.263 e. The van der Waals surface area contributed by atoms with Crippen molar-refractivity contribution in [2.75, 3.05) is 17.2 Å². The maximum absolute atomic E-state index is 14.0. The molecule has 3 N–H and O–H groups in total. The topological polar surface area (TPSA) is 148 Å². The van der Waals surface area contributed by atoms with Crippen molar-refractivity contribution in [1.82, 2.24) is 25.0 Å². The van der Waals surface area contributed by atoms with Crippen molar-refractivity contribution in [3.8, 4) is 12.1 Å². The molecule has 10 nitrogen and oxygen atoms in total. The number of hydrogen-bond acceptors (Lipinski definition) is 8. The van der Waals surface area contributed by atoms with Crippen LogP contribution in [0.5, 0.6) is 0 Å². The molecule has 6 rings (SSSR count). The number of anilines is 2. The molecule has 44 heavy (non-hydrogen) atoms. The molecule has 3 heterocycles. The number of aromatic amines is 1. The number of halogens is 2. The maximum atomic E-state index is 14.0. The van der Waals surface area contributed by atoms with Gasteiger partial charge in [-0.1, -0.05) is 38.1 Å². The first-order valence-electron chi connectivity index (χ1n) is 14.1. The Morgan fingerprint density at radius 3 is 2.55 bits per heavy atom. The van der Waals surface area contributed by atoms with Gasteiger partial charge in [0, 0.05) is 35.4 Å². The molecule has 1 fully saturated rings. The zero-order chi connectivity index (χ0) is 31.2. The number of nitriles is 2. The van der Waals surface area contributed by atoms with Crippen molar-refractivity contribution < 1.29 is 8.78 Å². The molecule has 12 heteroatoms. The monoisotopic (exact) mass is 593 g/mol. The van der Waals surface area contributed by atoms with Crippen LogP contribution in [0.25, 0.3) is 21.7 Å². The number of H-pyrrole nitrogens is 1. The van der Waals surface area contributed by atoms with Crippen molar-refractivity contribution in [2.24, 2.45) is 5.41 Å². The minimum Gasteiger partial charge on any atom is -0.383 e. The van der Waals surface area contributed by atoms with E-state index in [0.29, 0.717) is 69.3 Å². The number of hydrogen-bond donors (Lipinski definition) is 3. The van der Waals surface area contributed by atoms with Gasteiger partial charge < -0.3 is 15.6 Å². The van der Waals surface area contributed by atoms with Crippen LogP contribution in [0.15, 0.2) is 59.8 Å². The van der Waals surface area contributed by atoms with E-state index >= 15 is 0 Å². The fourth-order valence-electron chi connectivity index (χ4n) is 5.38. The lowest BCUT2D eigenvalue weighted by molar-refractivity contribution is 0.0593. The number of fused-ring (bicyclic) bond motifs is 2. The summed E-state index contributed by atoms with van der Waals surface area (Å²) in [4.78, 5) is 19.8. The Hall–Kier alpha value is -5.36. The second-order valence-corrected chi connectivity index (χ2v) is 12.3. The summed E-state index contributed by atoms with van der Waals surface area (Å²) in [5.41, 5.74) is 1.36. The van der Waals surface area contributed by atoms with E-state index in [4.69, 9.17) is 0 Å². The highest BCUT2D eigenvalue weighted by Crippen LogP contribution is 2.48. The Balaban J connectivity index is 1.52. The molecule has 1 aliphatic carbocycles. The van der Waals surface area contributed by atoms with E-state index < -0.39 is 18.0 Å². The molecular weight excluding hydrogens is 564 g/mol. The molecule has 2 aromatic carbocycles. The molecule has 1 aliphatic rings. The molecule has 1 atom stereocenters. The average Bonchev–Trinajstić information content (AvgIpc) is 3.68. The summed E-state index contributed by atoms with van der Waals surface area (Å²) in [6, 6.07) is 14.1. The highest BCUT2D eigenvalue weighted by atomic mass is 19.3. The minimum absolute atomic E-state index is 0.101. The summed E-state index contributed by atoms with van der Waals surface area (Å²) in [7, 11) is 0. The van der Waals surface area contributed by atoms with Gasteiger partial charge in [0.2, 0.25) is 0 Å². The van der Waals surface area contributed by atoms with E-state index in [1.165, 1.54) is 17.1 Å². The molecule has 222 valence electrons. The fraction of sp³-hybridized carbons (Fsp3) is 0.312. The Kier molecular flexibility index (Phi) is 7.01. The van der Waals surface area contributed by atoms with Crippen LogP contribution < -0.4 is 16.2 Å². The second kappa shape index (κ2) is 10.7. The molecular formula is C32H29F2N9O. The van der Waals surface area contributed by atoms with Crippen LogP contribution in [0.4, 0.5) is 20.2 Å². The van der Waals surface area contributed by atoms with Crippen molar-refractivity contribution in [3.05, 3.63) is 87.7 Å². The van der Waals surface area contributed by atoms with Crippen LogP contribution in [0, 0.1) is 28.1 Å². The lowest BCUT2D eigenvalue weighted by Gasteiger charge is -2.23. The quantitative estimate of drug-likeness (QED) is 0.204. The summed E-state index contributed by atoms with van der Waals surface area (Å²) >= 11 is 0. The normalized spacial score (nSPS) is 14.7. The number of nitrogens with zero attached hydrogens (tertiary/aromatic N) is 6. The number of alkyl halides is 2. The molecule has 0 aliphatic heterocycles. The molecule has 0 spiro atoms. The summed E-state index contributed by atoms with van der Waals surface area (Å²) in [6.07, 6.45) is 2.50. The predicted molar refractivity (Wildman–Crippen MR) is 162 cm³/mol. The van der Waals surface area contributed by atoms with Gasteiger partial charge in [-0.15, -0.1) is 5.10 Å². The number of rotatable bonds is 8. The average molecular weight is 594 g/mol. The minimum atomic E-state index is -2.60. The molecule has 0 saturated heterocycles. The lowest BCUT2D eigenvalue weighted by atomic mass is 9.96. The number of pyridine rings is 2. The van der Waals surface area contributed by atoms with Crippen LogP contribution >= 0.6 is 0 Å². The molecule has 0 radical (unpaired) electrons. The van der Waals surface area contributed by atoms with Gasteiger partial charge in [-0.2, -0.15) is 10.5 Å². The standard InChI is InChI=1S/C32H29F2N9O/c1-31(2,3)17-39-27-19(14-36)15-38-26-18(13-35)11-20(12-24(26)27)40-28(22-5-4-6-23-21(22)7-10-37-29(23)44)25-16-43(42-41-25)32(8-9-32)30(33)34/h4-7,10-12,15-16,28,30,40H,8-9,17H2,1-3H3,(H,37,44)(H,38,39). The van der Waals surface area contributed by atoms with E-state index in [1.807, 2.05) is 6.07 Å². The summed E-state index contributed by atoms with van der Waals surface area (Å²) in [5.74, 6) is 0. The number of aromatic nitrogens is 5. The molecule has 0 bridgehead atoms. The van der Waals surface area contributed by atoms with E-state index in [-0.39, 0.29) is 16.5 Å². The van der Waals surface area contributed by atoms with E-state index in [0.717, 1.165) is 0 Å². The van der Waals surface area contributed by atoms with Crippen LogP contribution in [-0.2, 0) is 5.54 Å². The van der Waals surface area contributed by atoms with Crippen LogP contribution in [0.3, 0.4) is 0 Å². The summed E-state index contributed by atoms with van der Waals surface area (Å²) < 4.78 is 29.1. The van der Waals surface area contributed by atoms with E-state index in [1.54, 1.807) is 36.5 Å². The first kappa shape index (κ1) is 28.7. The lowest BCUT2D eigenvalue weighted by Crippen LogP contribution is -2.26. The molecule has 3 aromatic heterocycles. The van der Waals surface area contributed by atoms with Crippen molar-refractivity contribution in [2.45, 2.75) is 51.6 Å². The molecule has 1 unspecified atom stereocenters. The highest BCUT2D eigenvalue weighted by Gasteiger charge is 2.54. The zero-order valence-corrected chi connectivity index (χ0v) is 24.3. The maximum Gasteiger partial charge on any atom is 0.263 e. The van der Waals surface area contributed by atoms with Gasteiger partial charge in [0.25, 0.3) is 12.0 Å². The summed E-state index contributed by atoms with van der Waals surface area (Å²) in [5, 5.41) is 36.8. The van der Waals surface area contributed by atoms with Gasteiger partial charge >= 0.3 is 0 Å². The molecule has 0 amide bonds. The SMILES string of the molecule is CC(C)(C)CNc1c(C#N)cnc2c(C#N)cc(NC(c3cn(C4(C(F)F)CC4)nn3)c3cccc4c(=O)[nH]ccc34)cc12. The van der Waals surface area contributed by atoms with Gasteiger partial charge in [0.15, 0.2) is 0 Å². The van der Waals surface area contributed by atoms with Crippen molar-refractivity contribution >= 4 is 33.1 Å². The van der Waals surface area contributed by atoms with Gasteiger partial charge in [0.05, 0.1) is 34.6 Å². The molecule has 1 saturated carbocycles. The largest absolute Gasteiger partial charge is 0.383 e. The second-order valence-electron chi connectivity index (χ2n) is 12.3. The first-order valence-corrected chi connectivity index (χ1v) is 14.1. The first-order chi connectivity index (χ1) is 21.0. The van der Waals surface area contributed by atoms with E-state index in [2.05, 4.69) is 63.8 Å². The van der Waals surface area contributed by atoms with Crippen LogP contribution in [-0.4, -0.2) is 37.9 Å². The van der Waals surface area contributed by atoms with Gasteiger partial charge in [-0.05, 0) is 53.5 Å². The van der Waals surface area contributed by atoms with Crippen LogP contribution in [0.1, 0.15) is 62.0 Å². The van der Waals surface area contributed by atoms with Gasteiger partial charge in [-0.3, -0.25) is 9.78 Å².